The van der Waals surface area contributed by atoms with Crippen LogP contribution in [-0.4, -0.2) is 23.9 Å². The molecule has 0 unspecified atom stereocenters. The van der Waals surface area contributed by atoms with E-state index < -0.39 is 0 Å². The van der Waals surface area contributed by atoms with Crippen molar-refractivity contribution < 1.29 is 18.7 Å². The lowest BCUT2D eigenvalue weighted by molar-refractivity contribution is -0.142. The second-order valence-corrected chi connectivity index (χ2v) is 10.0. The molecule has 3 rings (SSSR count). The lowest BCUT2D eigenvalue weighted by Gasteiger charge is -2.42. The first kappa shape index (κ1) is 22.4. The number of ether oxygens (including phenoxy) is 2. The van der Waals surface area contributed by atoms with Crippen LogP contribution < -0.4 is 4.74 Å². The molecule has 0 spiro atoms. The van der Waals surface area contributed by atoms with Crippen LogP contribution in [0.4, 0.5) is 0 Å². The summed E-state index contributed by atoms with van der Waals surface area (Å²) < 4.78 is 17.0. The summed E-state index contributed by atoms with van der Waals surface area (Å²) >= 11 is 1.75. The molecule has 0 atom stereocenters. The SMILES string of the molecule is CCOC(=O)Cc1ccc(C#Cc2cc3c(cc2SCC)OC(C)(C)CC3(C)C)o1. The molecule has 2 aromatic rings. The molecule has 5 heteroatoms. The quantitative estimate of drug-likeness (QED) is 0.347. The number of carbonyl (C=O) groups is 1. The van der Waals surface area contributed by atoms with Gasteiger partial charge in [0.1, 0.15) is 23.5 Å². The van der Waals surface area contributed by atoms with Crippen molar-refractivity contribution in [2.75, 3.05) is 12.4 Å². The minimum Gasteiger partial charge on any atom is -0.487 e. The van der Waals surface area contributed by atoms with Crippen molar-refractivity contribution in [1.29, 1.82) is 0 Å². The molecule has 0 bridgehead atoms. The van der Waals surface area contributed by atoms with Crippen molar-refractivity contribution in [2.45, 2.75) is 70.3 Å². The van der Waals surface area contributed by atoms with E-state index in [9.17, 15) is 4.79 Å². The maximum atomic E-state index is 11.6. The lowest BCUT2D eigenvalue weighted by atomic mass is 9.73. The Hall–Kier alpha value is -2.32. The van der Waals surface area contributed by atoms with E-state index in [0.29, 0.717) is 18.1 Å². The highest BCUT2D eigenvalue weighted by Gasteiger charge is 2.39. The Bertz CT molecular complexity index is 988. The molecule has 1 aromatic heterocycles. The van der Waals surface area contributed by atoms with Crippen molar-refractivity contribution in [3.05, 3.63) is 46.9 Å². The fourth-order valence-corrected chi connectivity index (χ4v) is 4.83. The highest BCUT2D eigenvalue weighted by Crippen LogP contribution is 2.46. The first-order valence-electron chi connectivity index (χ1n) is 10.4. The number of furan rings is 1. The van der Waals surface area contributed by atoms with Crippen molar-refractivity contribution in [3.63, 3.8) is 0 Å². The van der Waals surface area contributed by atoms with Gasteiger partial charge < -0.3 is 13.9 Å². The standard InChI is InChI=1S/C25H30O4S/c1-7-27-23(26)14-19-12-11-18(28-19)10-9-17-13-20-21(15-22(17)30-8-2)29-25(5,6)16-24(20,3)4/h11-13,15H,7-8,14,16H2,1-6H3. The third-order valence-electron chi connectivity index (χ3n) is 4.97. The number of fused-ring (bicyclic) bond motifs is 1. The topological polar surface area (TPSA) is 48.7 Å². The summed E-state index contributed by atoms with van der Waals surface area (Å²) in [6.07, 6.45) is 1.06. The number of esters is 1. The molecule has 1 aromatic carbocycles. The van der Waals surface area contributed by atoms with Crippen LogP contribution in [0.3, 0.4) is 0 Å². The zero-order chi connectivity index (χ0) is 21.9. The summed E-state index contributed by atoms with van der Waals surface area (Å²) in [6, 6.07) is 7.86. The lowest BCUT2D eigenvalue weighted by Crippen LogP contribution is -2.41. The number of rotatable bonds is 5. The van der Waals surface area contributed by atoms with Gasteiger partial charge in [-0.2, -0.15) is 0 Å². The molecule has 0 amide bonds. The Labute approximate surface area is 183 Å². The van der Waals surface area contributed by atoms with E-state index in [-0.39, 0.29) is 23.4 Å². The number of benzene rings is 1. The number of carbonyl (C=O) groups excluding carboxylic acids is 1. The van der Waals surface area contributed by atoms with E-state index in [1.807, 2.05) is 0 Å². The van der Waals surface area contributed by atoms with E-state index in [4.69, 9.17) is 13.9 Å². The molecule has 0 aliphatic carbocycles. The molecule has 2 heterocycles. The number of thioether (sulfide) groups is 1. The van der Waals surface area contributed by atoms with E-state index in [1.165, 1.54) is 5.56 Å². The second-order valence-electron chi connectivity index (χ2n) is 8.70. The van der Waals surface area contributed by atoms with Crippen LogP contribution in [0.1, 0.15) is 70.6 Å². The Kier molecular flexibility index (Phi) is 6.57. The summed E-state index contributed by atoms with van der Waals surface area (Å²) in [7, 11) is 0. The third kappa shape index (κ3) is 5.23. The summed E-state index contributed by atoms with van der Waals surface area (Å²) in [5, 5.41) is 0. The Balaban J connectivity index is 1.92. The van der Waals surface area contributed by atoms with Gasteiger partial charge in [0.15, 0.2) is 5.76 Å². The van der Waals surface area contributed by atoms with Crippen molar-refractivity contribution in [2.24, 2.45) is 0 Å². The normalized spacial score (nSPS) is 16.1. The van der Waals surface area contributed by atoms with Crippen LogP contribution in [-0.2, 0) is 21.4 Å². The fourth-order valence-electron chi connectivity index (χ4n) is 4.06. The van der Waals surface area contributed by atoms with E-state index in [0.717, 1.165) is 28.4 Å². The van der Waals surface area contributed by atoms with Crippen molar-refractivity contribution in [1.82, 2.24) is 0 Å². The Morgan fingerprint density at radius 2 is 1.93 bits per heavy atom. The maximum absolute atomic E-state index is 11.6. The van der Waals surface area contributed by atoms with Gasteiger partial charge in [-0.1, -0.05) is 26.7 Å². The van der Waals surface area contributed by atoms with Crippen LogP contribution in [0.5, 0.6) is 5.75 Å². The van der Waals surface area contributed by atoms with Crippen LogP contribution in [0.2, 0.25) is 0 Å². The second kappa shape index (κ2) is 8.81. The summed E-state index contributed by atoms with van der Waals surface area (Å²) in [5.74, 6) is 9.09. The van der Waals surface area contributed by atoms with Gasteiger partial charge in [-0.25, -0.2) is 0 Å². The van der Waals surface area contributed by atoms with Gasteiger partial charge in [0.25, 0.3) is 0 Å². The molecule has 0 fully saturated rings. The molecule has 30 heavy (non-hydrogen) atoms. The van der Waals surface area contributed by atoms with Gasteiger partial charge in [0, 0.05) is 16.0 Å². The van der Waals surface area contributed by atoms with Gasteiger partial charge >= 0.3 is 5.97 Å². The van der Waals surface area contributed by atoms with Gasteiger partial charge in [-0.15, -0.1) is 11.8 Å². The summed E-state index contributed by atoms with van der Waals surface area (Å²) in [6.45, 7) is 13.1. The highest BCUT2D eigenvalue weighted by atomic mass is 32.2. The van der Waals surface area contributed by atoms with E-state index in [2.05, 4.69) is 58.6 Å². The van der Waals surface area contributed by atoms with Crippen LogP contribution in [0, 0.1) is 11.8 Å². The Morgan fingerprint density at radius 3 is 2.63 bits per heavy atom. The van der Waals surface area contributed by atoms with E-state index in [1.54, 1.807) is 30.8 Å². The minimum absolute atomic E-state index is 0.000412. The highest BCUT2D eigenvalue weighted by molar-refractivity contribution is 7.99. The largest absolute Gasteiger partial charge is 0.487 e. The predicted molar refractivity (Wildman–Crippen MR) is 120 cm³/mol. The molecule has 1 aliphatic heterocycles. The number of hydrogen-bond acceptors (Lipinski definition) is 5. The van der Waals surface area contributed by atoms with Gasteiger partial charge in [0.2, 0.25) is 0 Å². The monoisotopic (exact) mass is 426 g/mol. The molecular weight excluding hydrogens is 396 g/mol. The molecule has 0 saturated carbocycles. The van der Waals surface area contributed by atoms with Gasteiger partial charge in [-0.3, -0.25) is 4.79 Å². The summed E-state index contributed by atoms with van der Waals surface area (Å²) in [5.41, 5.74) is 1.97. The van der Waals surface area contributed by atoms with Crippen molar-refractivity contribution >= 4 is 17.7 Å². The van der Waals surface area contributed by atoms with Gasteiger partial charge in [0.05, 0.1) is 6.61 Å². The van der Waals surface area contributed by atoms with E-state index >= 15 is 0 Å². The smallest absolute Gasteiger partial charge is 0.313 e. The van der Waals surface area contributed by atoms with Gasteiger partial charge in [-0.05, 0) is 68.5 Å². The molecule has 160 valence electrons. The van der Waals surface area contributed by atoms with Crippen LogP contribution in [0.25, 0.3) is 0 Å². The molecule has 0 radical (unpaired) electrons. The molecule has 0 saturated heterocycles. The molecule has 4 nitrogen and oxygen atoms in total. The first-order chi connectivity index (χ1) is 14.1. The maximum Gasteiger partial charge on any atom is 0.313 e. The average Bonchev–Trinajstić information content (AvgIpc) is 3.06. The van der Waals surface area contributed by atoms with Crippen molar-refractivity contribution in [3.8, 4) is 17.6 Å². The summed E-state index contributed by atoms with van der Waals surface area (Å²) in [4.78, 5) is 12.7. The van der Waals surface area contributed by atoms with Crippen LogP contribution >= 0.6 is 11.8 Å². The molecular formula is C25H30O4S. The predicted octanol–water partition coefficient (Wildman–Crippen LogP) is 5.74. The Morgan fingerprint density at radius 1 is 1.17 bits per heavy atom. The minimum atomic E-state index is -0.298. The fraction of sp³-hybridized carbons (Fsp3) is 0.480. The molecule has 1 aliphatic rings. The molecule has 0 N–H and O–H groups in total. The first-order valence-corrected chi connectivity index (χ1v) is 11.4. The zero-order valence-electron chi connectivity index (χ0n) is 18.7. The van der Waals surface area contributed by atoms with Crippen LogP contribution in [0.15, 0.2) is 33.6 Å². The average molecular weight is 427 g/mol. The zero-order valence-corrected chi connectivity index (χ0v) is 19.5. The number of hydrogen-bond donors (Lipinski definition) is 0. The third-order valence-corrected chi connectivity index (χ3v) is 5.91.